The molecule has 0 aromatic rings. The lowest BCUT2D eigenvalue weighted by Gasteiger charge is -2.12. The number of aliphatic hydroxyl groups excluding tert-OH is 2. The zero-order valence-electron chi connectivity index (χ0n) is 5.53. The van der Waals surface area contributed by atoms with Gasteiger partial charge in [0.15, 0.2) is 6.10 Å². The number of amides is 1. The molecule has 54 valence electrons. The maximum Gasteiger partial charge on any atom is 0.253 e. The number of hydrogen-bond donors (Lipinski definition) is 2. The summed E-state index contributed by atoms with van der Waals surface area (Å²) in [5, 5.41) is 16.9. The minimum Gasteiger partial charge on any atom is -0.393 e. The highest BCUT2D eigenvalue weighted by Crippen LogP contribution is 1.86. The quantitative estimate of drug-likeness (QED) is 0.478. The van der Waals surface area contributed by atoms with Crippen LogP contribution in [0, 0.1) is 0 Å². The van der Waals surface area contributed by atoms with Crippen molar-refractivity contribution < 1.29 is 15.0 Å². The van der Waals surface area contributed by atoms with Crippen LogP contribution < -0.4 is 0 Å². The maximum atomic E-state index is 10.6. The Morgan fingerprint density at radius 2 is 2.11 bits per heavy atom. The zero-order valence-corrected chi connectivity index (χ0v) is 5.53. The molecule has 0 aromatic heterocycles. The fourth-order valence-corrected chi connectivity index (χ4v) is 0.376. The SMILES string of the molecule is CN(C)C(=O)C(O)CO. The monoisotopic (exact) mass is 133 g/mol. The minimum absolute atomic E-state index is 0.475. The molecule has 0 heterocycles. The summed E-state index contributed by atoms with van der Waals surface area (Å²) in [5.74, 6) is -0.475. The third-order valence-electron chi connectivity index (χ3n) is 0.899. The van der Waals surface area contributed by atoms with Gasteiger partial charge in [-0.1, -0.05) is 0 Å². The standard InChI is InChI=1S/C5H11NO3/c1-6(2)5(9)4(8)3-7/h4,7-8H,3H2,1-2H3. The molecule has 9 heavy (non-hydrogen) atoms. The van der Waals surface area contributed by atoms with Crippen molar-refractivity contribution in [2.24, 2.45) is 0 Å². The molecule has 0 aromatic carbocycles. The van der Waals surface area contributed by atoms with Crippen molar-refractivity contribution in [1.82, 2.24) is 4.90 Å². The lowest BCUT2D eigenvalue weighted by Crippen LogP contribution is -2.35. The summed E-state index contributed by atoms with van der Waals surface area (Å²) in [7, 11) is 3.03. The number of carbonyl (C=O) groups excluding carboxylic acids is 1. The van der Waals surface area contributed by atoms with E-state index in [0.717, 1.165) is 0 Å². The van der Waals surface area contributed by atoms with E-state index in [9.17, 15) is 4.79 Å². The second-order valence-corrected chi connectivity index (χ2v) is 1.93. The molecular weight excluding hydrogens is 122 g/mol. The topological polar surface area (TPSA) is 60.8 Å². The Morgan fingerprint density at radius 1 is 1.67 bits per heavy atom. The molecule has 0 saturated heterocycles. The summed E-state index contributed by atoms with van der Waals surface area (Å²) in [5.41, 5.74) is 0. The first-order chi connectivity index (χ1) is 4.09. The molecule has 1 unspecified atom stereocenters. The number of likely N-dealkylation sites (N-methyl/N-ethyl adjacent to an activating group) is 1. The van der Waals surface area contributed by atoms with E-state index in [1.807, 2.05) is 0 Å². The van der Waals surface area contributed by atoms with Crippen molar-refractivity contribution in [3.8, 4) is 0 Å². The van der Waals surface area contributed by atoms with Crippen LogP contribution in [0.2, 0.25) is 0 Å². The van der Waals surface area contributed by atoms with Crippen LogP contribution in [0.3, 0.4) is 0 Å². The van der Waals surface area contributed by atoms with Gasteiger partial charge in [0.25, 0.3) is 5.91 Å². The molecule has 0 aliphatic carbocycles. The van der Waals surface area contributed by atoms with Crippen molar-refractivity contribution in [2.45, 2.75) is 6.10 Å². The van der Waals surface area contributed by atoms with Gasteiger partial charge in [0.1, 0.15) is 0 Å². The Hall–Kier alpha value is -0.610. The van der Waals surface area contributed by atoms with Gasteiger partial charge in [-0.3, -0.25) is 4.79 Å². The van der Waals surface area contributed by atoms with E-state index in [1.54, 1.807) is 0 Å². The van der Waals surface area contributed by atoms with Crippen molar-refractivity contribution in [2.75, 3.05) is 20.7 Å². The van der Waals surface area contributed by atoms with Crippen LogP contribution in [-0.4, -0.2) is 47.8 Å². The summed E-state index contributed by atoms with van der Waals surface area (Å²) < 4.78 is 0. The number of carbonyl (C=O) groups is 1. The third kappa shape index (κ3) is 2.43. The molecule has 2 N–H and O–H groups in total. The van der Waals surface area contributed by atoms with Crippen LogP contribution >= 0.6 is 0 Å². The highest BCUT2D eigenvalue weighted by molar-refractivity contribution is 5.80. The van der Waals surface area contributed by atoms with E-state index in [2.05, 4.69) is 0 Å². The van der Waals surface area contributed by atoms with Gasteiger partial charge in [-0.05, 0) is 0 Å². The van der Waals surface area contributed by atoms with E-state index in [0.29, 0.717) is 0 Å². The first kappa shape index (κ1) is 8.39. The van der Waals surface area contributed by atoms with Crippen LogP contribution in [0.25, 0.3) is 0 Å². The number of rotatable bonds is 2. The Bertz CT molecular complexity index is 102. The van der Waals surface area contributed by atoms with Crippen molar-refractivity contribution >= 4 is 5.91 Å². The fraction of sp³-hybridized carbons (Fsp3) is 0.800. The van der Waals surface area contributed by atoms with E-state index in [1.165, 1.54) is 19.0 Å². The molecule has 0 saturated carbocycles. The number of hydrogen-bond acceptors (Lipinski definition) is 3. The highest BCUT2D eigenvalue weighted by atomic mass is 16.3. The van der Waals surface area contributed by atoms with Gasteiger partial charge >= 0.3 is 0 Å². The molecular formula is C5H11NO3. The normalized spacial score (nSPS) is 12.9. The minimum atomic E-state index is -1.26. The van der Waals surface area contributed by atoms with Crippen LogP contribution in [0.1, 0.15) is 0 Å². The summed E-state index contributed by atoms with van der Waals surface area (Å²) in [6.07, 6.45) is -1.26. The molecule has 0 radical (unpaired) electrons. The molecule has 1 atom stereocenters. The highest BCUT2D eigenvalue weighted by Gasteiger charge is 2.14. The lowest BCUT2D eigenvalue weighted by molar-refractivity contribution is -0.139. The molecule has 1 amide bonds. The molecule has 4 nitrogen and oxygen atoms in total. The summed E-state index contributed by atoms with van der Waals surface area (Å²) >= 11 is 0. The Morgan fingerprint density at radius 3 is 2.22 bits per heavy atom. The van der Waals surface area contributed by atoms with E-state index >= 15 is 0 Å². The van der Waals surface area contributed by atoms with Gasteiger partial charge in [-0.25, -0.2) is 0 Å². The van der Waals surface area contributed by atoms with E-state index in [-0.39, 0.29) is 0 Å². The van der Waals surface area contributed by atoms with E-state index in [4.69, 9.17) is 10.2 Å². The van der Waals surface area contributed by atoms with Gasteiger partial charge in [-0.15, -0.1) is 0 Å². The van der Waals surface area contributed by atoms with Gasteiger partial charge in [0.2, 0.25) is 0 Å². The van der Waals surface area contributed by atoms with Gasteiger partial charge in [0, 0.05) is 14.1 Å². The van der Waals surface area contributed by atoms with Crippen molar-refractivity contribution in [1.29, 1.82) is 0 Å². The average Bonchev–Trinajstić information content (AvgIpc) is 1.84. The van der Waals surface area contributed by atoms with Crippen molar-refractivity contribution in [3.05, 3.63) is 0 Å². The van der Waals surface area contributed by atoms with Crippen LogP contribution in [0.4, 0.5) is 0 Å². The van der Waals surface area contributed by atoms with Gasteiger partial charge in [0.05, 0.1) is 6.61 Å². The Kier molecular flexibility index (Phi) is 3.19. The average molecular weight is 133 g/mol. The molecule has 0 bridgehead atoms. The molecule has 0 aliphatic heterocycles. The first-order valence-corrected chi connectivity index (χ1v) is 2.59. The summed E-state index contributed by atoms with van der Waals surface area (Å²) in [6.45, 7) is -0.517. The predicted octanol–water partition coefficient (Wildman–Crippen LogP) is -1.57. The maximum absolute atomic E-state index is 10.6. The summed E-state index contributed by atoms with van der Waals surface area (Å²) in [4.78, 5) is 11.8. The van der Waals surface area contributed by atoms with Gasteiger partial charge in [-0.2, -0.15) is 0 Å². The Balaban J connectivity index is 3.73. The predicted molar refractivity (Wildman–Crippen MR) is 31.8 cm³/mol. The molecule has 4 heteroatoms. The second-order valence-electron chi connectivity index (χ2n) is 1.93. The number of nitrogens with zero attached hydrogens (tertiary/aromatic N) is 1. The fourth-order valence-electron chi connectivity index (χ4n) is 0.376. The molecule has 0 rings (SSSR count). The first-order valence-electron chi connectivity index (χ1n) is 2.59. The van der Waals surface area contributed by atoms with Crippen LogP contribution in [0.5, 0.6) is 0 Å². The largest absolute Gasteiger partial charge is 0.393 e. The van der Waals surface area contributed by atoms with Crippen molar-refractivity contribution in [3.63, 3.8) is 0 Å². The number of aliphatic hydroxyl groups is 2. The molecule has 0 spiro atoms. The Labute approximate surface area is 53.7 Å². The third-order valence-corrected chi connectivity index (χ3v) is 0.899. The summed E-state index contributed by atoms with van der Waals surface area (Å²) in [6, 6.07) is 0. The zero-order chi connectivity index (χ0) is 7.44. The van der Waals surface area contributed by atoms with Crippen LogP contribution in [-0.2, 0) is 4.79 Å². The molecule has 0 aliphatic rings. The van der Waals surface area contributed by atoms with E-state index < -0.39 is 18.6 Å². The lowest BCUT2D eigenvalue weighted by atomic mass is 10.3. The van der Waals surface area contributed by atoms with Crippen LogP contribution in [0.15, 0.2) is 0 Å². The van der Waals surface area contributed by atoms with Gasteiger partial charge < -0.3 is 15.1 Å². The second kappa shape index (κ2) is 3.42. The molecule has 0 fully saturated rings. The smallest absolute Gasteiger partial charge is 0.253 e.